The van der Waals surface area contributed by atoms with Gasteiger partial charge in [-0.2, -0.15) is 0 Å². The molecule has 1 heterocycles. The van der Waals surface area contributed by atoms with Crippen LogP contribution in [0.25, 0.3) is 11.1 Å². The SMILES string of the molecule is O=C(NC1(C(=O)O)COCC12CCC2)OCC1c2ccccc2-c2ccccc21. The Kier molecular flexibility index (Phi) is 4.13. The van der Waals surface area contributed by atoms with E-state index < -0.39 is 23.0 Å². The van der Waals surface area contributed by atoms with E-state index in [0.29, 0.717) is 6.61 Å². The molecule has 1 atom stereocenters. The molecule has 1 amide bonds. The van der Waals surface area contributed by atoms with Gasteiger partial charge in [-0.15, -0.1) is 0 Å². The maximum absolute atomic E-state index is 12.7. The third-order valence-corrected chi connectivity index (χ3v) is 6.94. The lowest BCUT2D eigenvalue weighted by Gasteiger charge is -2.47. The van der Waals surface area contributed by atoms with Crippen molar-refractivity contribution in [2.45, 2.75) is 30.7 Å². The van der Waals surface area contributed by atoms with Crippen LogP contribution in [-0.2, 0) is 14.3 Å². The summed E-state index contributed by atoms with van der Waals surface area (Å²) in [6.07, 6.45) is 1.72. The molecule has 0 aromatic heterocycles. The van der Waals surface area contributed by atoms with E-state index in [2.05, 4.69) is 17.4 Å². The van der Waals surface area contributed by atoms with Crippen molar-refractivity contribution < 1.29 is 24.2 Å². The molecule has 1 saturated heterocycles. The van der Waals surface area contributed by atoms with Gasteiger partial charge in [-0.3, -0.25) is 0 Å². The summed E-state index contributed by atoms with van der Waals surface area (Å²) < 4.78 is 11.1. The van der Waals surface area contributed by atoms with Gasteiger partial charge in [0.1, 0.15) is 6.61 Å². The third kappa shape index (κ3) is 2.59. The Morgan fingerprint density at radius 3 is 2.21 bits per heavy atom. The average molecular weight is 393 g/mol. The Hall–Kier alpha value is -2.86. The number of carboxylic acids is 1. The highest BCUT2D eigenvalue weighted by Gasteiger charge is 2.64. The number of rotatable bonds is 4. The summed E-state index contributed by atoms with van der Waals surface area (Å²) in [7, 11) is 0. The number of hydrogen-bond donors (Lipinski definition) is 2. The first kappa shape index (κ1) is 18.2. The van der Waals surface area contributed by atoms with Crippen molar-refractivity contribution in [2.24, 2.45) is 5.41 Å². The van der Waals surface area contributed by atoms with E-state index >= 15 is 0 Å². The summed E-state index contributed by atoms with van der Waals surface area (Å²) in [4.78, 5) is 24.8. The monoisotopic (exact) mass is 393 g/mol. The molecule has 1 unspecified atom stereocenters. The fraction of sp³-hybridized carbons (Fsp3) is 0.391. The van der Waals surface area contributed by atoms with Gasteiger partial charge in [0.05, 0.1) is 13.2 Å². The van der Waals surface area contributed by atoms with E-state index in [-0.39, 0.29) is 19.1 Å². The summed E-state index contributed by atoms with van der Waals surface area (Å²) in [5, 5.41) is 12.6. The van der Waals surface area contributed by atoms with Gasteiger partial charge in [-0.25, -0.2) is 9.59 Å². The van der Waals surface area contributed by atoms with Gasteiger partial charge >= 0.3 is 12.1 Å². The van der Waals surface area contributed by atoms with Crippen molar-refractivity contribution in [1.82, 2.24) is 5.32 Å². The van der Waals surface area contributed by atoms with Crippen LogP contribution in [-0.4, -0.2) is 42.5 Å². The number of benzene rings is 2. The number of fused-ring (bicyclic) bond motifs is 3. The second kappa shape index (κ2) is 6.59. The summed E-state index contributed by atoms with van der Waals surface area (Å²) in [6, 6.07) is 16.2. The molecule has 2 aromatic rings. The average Bonchev–Trinajstić information content (AvgIpc) is 3.23. The van der Waals surface area contributed by atoms with E-state index in [1.165, 1.54) is 0 Å². The van der Waals surface area contributed by atoms with Gasteiger partial charge in [0.2, 0.25) is 0 Å². The van der Waals surface area contributed by atoms with Crippen LogP contribution in [0.4, 0.5) is 4.79 Å². The lowest BCUT2D eigenvalue weighted by atomic mass is 9.59. The first-order valence-electron chi connectivity index (χ1n) is 10.0. The second-order valence-electron chi connectivity index (χ2n) is 8.29. The molecule has 6 heteroatoms. The van der Waals surface area contributed by atoms with Gasteiger partial charge in [-0.1, -0.05) is 55.0 Å². The van der Waals surface area contributed by atoms with Gasteiger partial charge < -0.3 is 19.9 Å². The Balaban J connectivity index is 1.34. The largest absolute Gasteiger partial charge is 0.479 e. The second-order valence-corrected chi connectivity index (χ2v) is 8.29. The van der Waals surface area contributed by atoms with Gasteiger partial charge in [0.25, 0.3) is 0 Å². The van der Waals surface area contributed by atoms with Crippen molar-refractivity contribution in [3.63, 3.8) is 0 Å². The lowest BCUT2D eigenvalue weighted by Crippen LogP contribution is -2.67. The van der Waals surface area contributed by atoms with Crippen molar-refractivity contribution in [3.05, 3.63) is 59.7 Å². The number of nitrogens with one attached hydrogen (secondary N) is 1. The van der Waals surface area contributed by atoms with Crippen LogP contribution >= 0.6 is 0 Å². The topological polar surface area (TPSA) is 84.9 Å². The molecule has 2 N–H and O–H groups in total. The number of carbonyl (C=O) groups excluding carboxylic acids is 1. The zero-order chi connectivity index (χ0) is 20.1. The standard InChI is InChI=1S/C23H23NO5/c25-20(26)23(14-28-13-22(23)10-5-11-22)24-21(27)29-12-19-17-8-3-1-6-15(17)16-7-2-4-9-18(16)19/h1-4,6-9,19H,5,10-14H2,(H,24,27)(H,25,26). The molecular formula is C23H23NO5. The van der Waals surface area contributed by atoms with Crippen molar-refractivity contribution >= 4 is 12.1 Å². The maximum Gasteiger partial charge on any atom is 0.408 e. The number of amides is 1. The van der Waals surface area contributed by atoms with E-state index in [1.54, 1.807) is 0 Å². The Morgan fingerprint density at radius 1 is 1.03 bits per heavy atom. The van der Waals surface area contributed by atoms with Crippen molar-refractivity contribution in [3.8, 4) is 11.1 Å². The van der Waals surface area contributed by atoms with E-state index in [1.807, 2.05) is 36.4 Å². The minimum atomic E-state index is -1.41. The van der Waals surface area contributed by atoms with E-state index in [9.17, 15) is 14.7 Å². The molecule has 3 aliphatic rings. The Bertz CT molecular complexity index is 937. The van der Waals surface area contributed by atoms with E-state index in [4.69, 9.17) is 9.47 Å². The minimum absolute atomic E-state index is 0.0213. The molecule has 6 nitrogen and oxygen atoms in total. The number of ether oxygens (including phenoxy) is 2. The highest BCUT2D eigenvalue weighted by atomic mass is 16.6. The molecule has 5 rings (SSSR count). The smallest absolute Gasteiger partial charge is 0.408 e. The molecule has 2 aliphatic carbocycles. The molecule has 1 spiro atoms. The van der Waals surface area contributed by atoms with Crippen LogP contribution in [0.3, 0.4) is 0 Å². The Morgan fingerprint density at radius 2 is 1.66 bits per heavy atom. The first-order valence-corrected chi connectivity index (χ1v) is 10.0. The molecule has 0 radical (unpaired) electrons. The molecule has 0 bridgehead atoms. The van der Waals surface area contributed by atoms with Crippen molar-refractivity contribution in [1.29, 1.82) is 0 Å². The molecular weight excluding hydrogens is 370 g/mol. The number of carboxylic acid groups (broad SMARTS) is 1. The van der Waals surface area contributed by atoms with Crippen LogP contribution in [0.15, 0.2) is 48.5 Å². The molecule has 2 aromatic carbocycles. The maximum atomic E-state index is 12.7. The van der Waals surface area contributed by atoms with Crippen molar-refractivity contribution in [2.75, 3.05) is 19.8 Å². The van der Waals surface area contributed by atoms with E-state index in [0.717, 1.165) is 41.5 Å². The minimum Gasteiger partial charge on any atom is -0.479 e. The van der Waals surface area contributed by atoms with Gasteiger partial charge in [0, 0.05) is 11.3 Å². The molecule has 1 saturated carbocycles. The summed E-state index contributed by atoms with van der Waals surface area (Å²) in [5.74, 6) is -1.12. The predicted molar refractivity (Wildman–Crippen MR) is 106 cm³/mol. The van der Waals surface area contributed by atoms with Gasteiger partial charge in [-0.05, 0) is 35.1 Å². The Labute approximate surface area is 168 Å². The summed E-state index contributed by atoms with van der Waals surface area (Å²) >= 11 is 0. The molecule has 29 heavy (non-hydrogen) atoms. The zero-order valence-electron chi connectivity index (χ0n) is 16.0. The third-order valence-electron chi connectivity index (χ3n) is 6.94. The zero-order valence-corrected chi connectivity index (χ0v) is 16.0. The normalized spacial score (nSPS) is 23.9. The first-order chi connectivity index (χ1) is 14.1. The lowest BCUT2D eigenvalue weighted by molar-refractivity contribution is -0.151. The van der Waals surface area contributed by atoms with Crippen LogP contribution in [0, 0.1) is 5.41 Å². The van der Waals surface area contributed by atoms with Gasteiger partial charge in [0.15, 0.2) is 5.54 Å². The number of hydrogen-bond acceptors (Lipinski definition) is 4. The molecule has 150 valence electrons. The molecule has 1 aliphatic heterocycles. The van der Waals surface area contributed by atoms with Crippen LogP contribution < -0.4 is 5.32 Å². The highest BCUT2D eigenvalue weighted by Crippen LogP contribution is 2.53. The predicted octanol–water partition coefficient (Wildman–Crippen LogP) is 3.55. The van der Waals surface area contributed by atoms with Crippen LogP contribution in [0.1, 0.15) is 36.3 Å². The fourth-order valence-electron chi connectivity index (χ4n) is 5.17. The number of alkyl carbamates (subject to hydrolysis) is 1. The fourth-order valence-corrected chi connectivity index (χ4v) is 5.17. The summed E-state index contributed by atoms with van der Waals surface area (Å²) in [6.45, 7) is 0.499. The number of aliphatic carboxylic acids is 1. The molecule has 2 fully saturated rings. The summed E-state index contributed by atoms with van der Waals surface area (Å²) in [5.41, 5.74) is 2.61. The van der Waals surface area contributed by atoms with Crippen LogP contribution in [0.2, 0.25) is 0 Å². The number of carbonyl (C=O) groups is 2. The highest BCUT2D eigenvalue weighted by molar-refractivity contribution is 5.86. The van der Waals surface area contributed by atoms with Crippen LogP contribution in [0.5, 0.6) is 0 Å². The quantitative estimate of drug-likeness (QED) is 0.830.